The van der Waals surface area contributed by atoms with Crippen molar-refractivity contribution in [2.75, 3.05) is 6.61 Å². The van der Waals surface area contributed by atoms with Gasteiger partial charge in [0.25, 0.3) is 0 Å². The lowest BCUT2D eigenvalue weighted by molar-refractivity contribution is 0.236. The van der Waals surface area contributed by atoms with Crippen LogP contribution in [0.25, 0.3) is 0 Å². The molecule has 0 bridgehead atoms. The van der Waals surface area contributed by atoms with Gasteiger partial charge < -0.3 is 10.5 Å². The van der Waals surface area contributed by atoms with E-state index in [2.05, 4.69) is 32.9 Å². The van der Waals surface area contributed by atoms with Crippen LogP contribution in [0.3, 0.4) is 0 Å². The third kappa shape index (κ3) is 3.27. The molecule has 1 atom stereocenters. The van der Waals surface area contributed by atoms with Crippen molar-refractivity contribution in [3.05, 3.63) is 29.8 Å². The summed E-state index contributed by atoms with van der Waals surface area (Å²) < 4.78 is 5.75. The average molecular weight is 258 g/mol. The highest BCUT2D eigenvalue weighted by atomic mass is 16.5. The predicted molar refractivity (Wildman–Crippen MR) is 75.9 cm³/mol. The van der Waals surface area contributed by atoms with E-state index in [0.717, 1.165) is 18.6 Å². The van der Waals surface area contributed by atoms with Gasteiger partial charge in [-0.1, -0.05) is 32.9 Å². The lowest BCUT2D eigenvalue weighted by Crippen LogP contribution is -2.46. The highest BCUT2D eigenvalue weighted by molar-refractivity contribution is 5.33. The number of nitrogens with two attached hydrogens (primary N) is 1. The number of ether oxygens (including phenoxy) is 1. The molecule has 0 radical (unpaired) electrons. The molecule has 1 fully saturated rings. The minimum Gasteiger partial charge on any atom is -0.491 e. The number of nitriles is 1. The fourth-order valence-electron chi connectivity index (χ4n) is 2.10. The summed E-state index contributed by atoms with van der Waals surface area (Å²) in [5.74, 6) is 1.08. The number of hydrogen-bond acceptors (Lipinski definition) is 3. The Bertz CT molecular complexity index is 494. The van der Waals surface area contributed by atoms with Crippen LogP contribution in [0.4, 0.5) is 0 Å². The number of hydrogen-bond donors (Lipinski definition) is 1. The van der Waals surface area contributed by atoms with Gasteiger partial charge in [-0.3, -0.25) is 0 Å². The van der Waals surface area contributed by atoms with Crippen molar-refractivity contribution < 1.29 is 4.74 Å². The number of benzene rings is 1. The zero-order chi connectivity index (χ0) is 14.1. The Labute approximate surface area is 115 Å². The molecule has 0 amide bonds. The van der Waals surface area contributed by atoms with E-state index < -0.39 is 5.54 Å². The van der Waals surface area contributed by atoms with Crippen LogP contribution >= 0.6 is 0 Å². The molecule has 1 aromatic carbocycles. The molecule has 0 spiro atoms. The van der Waals surface area contributed by atoms with Gasteiger partial charge in [0.15, 0.2) is 0 Å². The first-order valence-corrected chi connectivity index (χ1v) is 6.79. The van der Waals surface area contributed by atoms with Crippen molar-refractivity contribution in [3.8, 4) is 11.8 Å². The Balaban J connectivity index is 2.06. The van der Waals surface area contributed by atoms with Gasteiger partial charge in [-0.2, -0.15) is 5.26 Å². The molecule has 0 saturated heterocycles. The second-order valence-electron chi connectivity index (χ2n) is 6.49. The predicted octanol–water partition coefficient (Wildman–Crippen LogP) is 2.99. The van der Waals surface area contributed by atoms with Gasteiger partial charge in [-0.25, -0.2) is 0 Å². The molecule has 3 nitrogen and oxygen atoms in total. The summed E-state index contributed by atoms with van der Waals surface area (Å²) in [5.41, 5.74) is 6.56. The van der Waals surface area contributed by atoms with Crippen LogP contribution in [0.2, 0.25) is 0 Å². The van der Waals surface area contributed by atoms with E-state index in [1.807, 2.05) is 18.2 Å². The van der Waals surface area contributed by atoms with Crippen LogP contribution in [0.5, 0.6) is 5.75 Å². The normalized spacial score (nSPS) is 18.5. The highest BCUT2D eigenvalue weighted by Gasteiger charge is 2.43. The summed E-state index contributed by atoms with van der Waals surface area (Å²) in [6, 6.07) is 10.2. The summed E-state index contributed by atoms with van der Waals surface area (Å²) in [4.78, 5) is 0. The lowest BCUT2D eigenvalue weighted by Gasteiger charge is -2.23. The van der Waals surface area contributed by atoms with Gasteiger partial charge in [0, 0.05) is 0 Å². The maximum atomic E-state index is 9.20. The fraction of sp³-hybridized carbons (Fsp3) is 0.562. The highest BCUT2D eigenvalue weighted by Crippen LogP contribution is 2.38. The van der Waals surface area contributed by atoms with Crippen LogP contribution < -0.4 is 10.5 Å². The summed E-state index contributed by atoms with van der Waals surface area (Å²) in [6.45, 7) is 6.76. The van der Waals surface area contributed by atoms with Crippen LogP contribution in [-0.4, -0.2) is 12.1 Å². The van der Waals surface area contributed by atoms with E-state index in [1.165, 1.54) is 5.56 Å². The SMILES string of the molecule is CC(C)(C)c1cccc(OCC(N)(C#N)C2CC2)c1. The Kier molecular flexibility index (Phi) is 3.56. The van der Waals surface area contributed by atoms with Crippen molar-refractivity contribution in [2.24, 2.45) is 11.7 Å². The lowest BCUT2D eigenvalue weighted by atomic mass is 9.87. The molecular weight excluding hydrogens is 236 g/mol. The van der Waals surface area contributed by atoms with Gasteiger partial charge in [-0.15, -0.1) is 0 Å². The summed E-state index contributed by atoms with van der Waals surface area (Å²) >= 11 is 0. The van der Waals surface area contributed by atoms with Crippen molar-refractivity contribution in [1.82, 2.24) is 0 Å². The second-order valence-corrected chi connectivity index (χ2v) is 6.49. The van der Waals surface area contributed by atoms with E-state index in [1.54, 1.807) is 0 Å². The summed E-state index contributed by atoms with van der Waals surface area (Å²) in [6.07, 6.45) is 2.07. The van der Waals surface area contributed by atoms with Gasteiger partial charge in [0.05, 0.1) is 6.07 Å². The molecular formula is C16H22N2O. The molecule has 19 heavy (non-hydrogen) atoms. The first-order valence-electron chi connectivity index (χ1n) is 6.79. The Morgan fingerprint density at radius 1 is 1.37 bits per heavy atom. The van der Waals surface area contributed by atoms with Gasteiger partial charge in [0.2, 0.25) is 0 Å². The first kappa shape index (κ1) is 13.9. The smallest absolute Gasteiger partial charge is 0.141 e. The third-order valence-corrected chi connectivity index (χ3v) is 3.69. The first-order chi connectivity index (χ1) is 8.85. The molecule has 1 aliphatic rings. The van der Waals surface area contributed by atoms with Crippen LogP contribution in [0.15, 0.2) is 24.3 Å². The average Bonchev–Trinajstić information content (AvgIpc) is 3.20. The monoisotopic (exact) mass is 258 g/mol. The van der Waals surface area contributed by atoms with Crippen LogP contribution in [-0.2, 0) is 5.41 Å². The second kappa shape index (κ2) is 4.86. The Morgan fingerprint density at radius 3 is 2.58 bits per heavy atom. The molecule has 1 aromatic rings. The van der Waals surface area contributed by atoms with E-state index in [4.69, 9.17) is 10.5 Å². The van der Waals surface area contributed by atoms with Gasteiger partial charge in [0.1, 0.15) is 17.9 Å². The molecule has 1 saturated carbocycles. The molecule has 2 rings (SSSR count). The molecule has 3 heteroatoms. The quantitative estimate of drug-likeness (QED) is 0.903. The van der Waals surface area contributed by atoms with Crippen LogP contribution in [0, 0.1) is 17.2 Å². The van der Waals surface area contributed by atoms with Gasteiger partial charge in [-0.05, 0) is 41.9 Å². The van der Waals surface area contributed by atoms with Crippen molar-refractivity contribution in [2.45, 2.75) is 44.6 Å². The maximum Gasteiger partial charge on any atom is 0.141 e. The van der Waals surface area contributed by atoms with Gasteiger partial charge >= 0.3 is 0 Å². The zero-order valence-electron chi connectivity index (χ0n) is 11.9. The fourth-order valence-corrected chi connectivity index (χ4v) is 2.10. The zero-order valence-corrected chi connectivity index (χ0v) is 11.9. The third-order valence-electron chi connectivity index (χ3n) is 3.69. The Morgan fingerprint density at radius 2 is 2.05 bits per heavy atom. The molecule has 2 N–H and O–H groups in total. The molecule has 102 valence electrons. The number of nitrogens with zero attached hydrogens (tertiary/aromatic N) is 1. The maximum absolute atomic E-state index is 9.20. The minimum atomic E-state index is -0.836. The Hall–Kier alpha value is -1.53. The molecule has 1 aliphatic carbocycles. The summed E-state index contributed by atoms with van der Waals surface area (Å²) in [7, 11) is 0. The van der Waals surface area contributed by atoms with Crippen molar-refractivity contribution in [1.29, 1.82) is 5.26 Å². The van der Waals surface area contributed by atoms with Crippen molar-refractivity contribution >= 4 is 0 Å². The van der Waals surface area contributed by atoms with E-state index >= 15 is 0 Å². The van der Waals surface area contributed by atoms with E-state index in [0.29, 0.717) is 5.92 Å². The standard InChI is InChI=1S/C16H22N2O/c1-15(2,3)13-5-4-6-14(9-13)19-11-16(18,10-17)12-7-8-12/h4-6,9,12H,7-8,11,18H2,1-3H3. The topological polar surface area (TPSA) is 59.0 Å². The largest absolute Gasteiger partial charge is 0.491 e. The number of rotatable bonds is 4. The summed E-state index contributed by atoms with van der Waals surface area (Å²) in [5, 5.41) is 9.20. The molecule has 0 heterocycles. The van der Waals surface area contributed by atoms with E-state index in [9.17, 15) is 5.26 Å². The molecule has 1 unspecified atom stereocenters. The molecule has 0 aromatic heterocycles. The van der Waals surface area contributed by atoms with E-state index in [-0.39, 0.29) is 12.0 Å². The molecule has 0 aliphatic heterocycles. The minimum absolute atomic E-state index is 0.0882. The van der Waals surface area contributed by atoms with Crippen LogP contribution in [0.1, 0.15) is 39.2 Å². The van der Waals surface area contributed by atoms with Crippen molar-refractivity contribution in [3.63, 3.8) is 0 Å².